The molecule has 2 aromatic carbocycles. The molecule has 0 aliphatic carbocycles. The summed E-state index contributed by atoms with van der Waals surface area (Å²) in [5.74, 6) is 0. The van der Waals surface area contributed by atoms with Crippen LogP contribution in [-0.4, -0.2) is 20.3 Å². The van der Waals surface area contributed by atoms with E-state index in [1.165, 1.54) is 0 Å². The number of nitrogens with two attached hydrogens (primary N) is 1. The zero-order valence-corrected chi connectivity index (χ0v) is 11.6. The van der Waals surface area contributed by atoms with Crippen LogP contribution in [0.4, 0.5) is 5.69 Å². The Morgan fingerprint density at radius 2 is 1.10 bits per heavy atom. The fourth-order valence-electron chi connectivity index (χ4n) is 1.21. The van der Waals surface area contributed by atoms with E-state index in [0.717, 1.165) is 0 Å². The van der Waals surface area contributed by atoms with Crippen LogP contribution < -0.4 is 5.73 Å². The summed E-state index contributed by atoms with van der Waals surface area (Å²) < 4.78 is 0. The summed E-state index contributed by atoms with van der Waals surface area (Å²) in [4.78, 5) is 0. The number of benzene rings is 2. The van der Waals surface area contributed by atoms with Gasteiger partial charge >= 0.3 is 0 Å². The second-order valence-corrected chi connectivity index (χ2v) is 4.37. The SMILES string of the molecule is C.C.Nc1ccc(C(O)=S)cc1.OC(=S)c1ccccc1. The molecule has 0 aliphatic rings. The van der Waals surface area contributed by atoms with Gasteiger partial charge < -0.3 is 15.9 Å². The summed E-state index contributed by atoms with van der Waals surface area (Å²) in [5.41, 5.74) is 7.40. The Balaban J connectivity index is 0. The number of aliphatic hydroxyl groups is 2. The topological polar surface area (TPSA) is 66.5 Å². The van der Waals surface area contributed by atoms with Gasteiger partial charge in [0, 0.05) is 16.8 Å². The van der Waals surface area contributed by atoms with Crippen LogP contribution in [0.2, 0.25) is 0 Å². The summed E-state index contributed by atoms with van der Waals surface area (Å²) in [6.45, 7) is 0. The smallest absolute Gasteiger partial charge is 0.188 e. The lowest BCUT2D eigenvalue weighted by Gasteiger charge is -1.95. The fraction of sp³-hybridized carbons (Fsp3) is 0.125. The van der Waals surface area contributed by atoms with Gasteiger partial charge in [-0.2, -0.15) is 0 Å². The van der Waals surface area contributed by atoms with Gasteiger partial charge in [-0.05, 0) is 48.7 Å². The Bertz CT molecular complexity index is 554. The van der Waals surface area contributed by atoms with Crippen LogP contribution in [0.5, 0.6) is 0 Å². The largest absolute Gasteiger partial charge is 0.499 e. The second-order valence-electron chi connectivity index (χ2n) is 3.60. The minimum absolute atomic E-state index is 0. The fourth-order valence-corrected chi connectivity index (χ4v) is 1.48. The van der Waals surface area contributed by atoms with Gasteiger partial charge in [0.25, 0.3) is 0 Å². The highest BCUT2D eigenvalue weighted by atomic mass is 32.1. The van der Waals surface area contributed by atoms with Crippen LogP contribution in [-0.2, 0) is 0 Å². The lowest BCUT2D eigenvalue weighted by Crippen LogP contribution is -1.94. The molecule has 0 radical (unpaired) electrons. The number of hydrogen-bond acceptors (Lipinski definition) is 3. The minimum Gasteiger partial charge on any atom is -0.499 e. The van der Waals surface area contributed by atoms with Crippen molar-refractivity contribution in [2.75, 3.05) is 5.73 Å². The van der Waals surface area contributed by atoms with Gasteiger partial charge in [0.05, 0.1) is 0 Å². The molecule has 0 bridgehead atoms. The van der Waals surface area contributed by atoms with E-state index in [1.807, 2.05) is 18.2 Å². The maximum absolute atomic E-state index is 8.81. The molecule has 0 heterocycles. The van der Waals surface area contributed by atoms with Crippen molar-refractivity contribution in [3.05, 3.63) is 65.7 Å². The van der Waals surface area contributed by atoms with Crippen LogP contribution >= 0.6 is 24.4 Å². The molecule has 0 unspecified atom stereocenters. The number of nitrogen functional groups attached to an aromatic ring is 1. The van der Waals surface area contributed by atoms with Crippen molar-refractivity contribution in [2.24, 2.45) is 0 Å². The molecule has 0 fully saturated rings. The monoisotopic (exact) mass is 323 g/mol. The number of thiocarbonyl (C=S) groups is 2. The van der Waals surface area contributed by atoms with E-state index >= 15 is 0 Å². The zero-order chi connectivity index (χ0) is 14.3. The van der Waals surface area contributed by atoms with E-state index in [9.17, 15) is 0 Å². The minimum atomic E-state index is -0.0972. The molecule has 0 aliphatic heterocycles. The van der Waals surface area contributed by atoms with Crippen molar-refractivity contribution in [1.29, 1.82) is 0 Å². The molecule has 0 spiro atoms. The normalized spacial score (nSPS) is 8.19. The Hall–Kier alpha value is -1.98. The Morgan fingerprint density at radius 3 is 1.43 bits per heavy atom. The van der Waals surface area contributed by atoms with Crippen molar-refractivity contribution in [2.45, 2.75) is 14.9 Å². The van der Waals surface area contributed by atoms with Gasteiger partial charge in [-0.3, -0.25) is 0 Å². The maximum Gasteiger partial charge on any atom is 0.188 e. The molecule has 2 rings (SSSR count). The van der Waals surface area contributed by atoms with Gasteiger partial charge in [0.2, 0.25) is 0 Å². The number of hydrogen-bond donors (Lipinski definition) is 3. The molecule has 2 aromatic rings. The standard InChI is InChI=1S/C7H7NOS.C7H6OS.2CH4/c8-6-3-1-5(2-4-6)7(9)10;8-7(9)6-4-2-1-3-5-6;;/h1-4H,8H2,(H,9,10);1-5H,(H,8,9);2*1H4. The number of rotatable bonds is 2. The third-order valence-corrected chi connectivity index (χ3v) is 2.65. The first-order valence-corrected chi connectivity index (χ1v) is 6.19. The van der Waals surface area contributed by atoms with Gasteiger partial charge in [0.15, 0.2) is 10.1 Å². The molecule has 0 atom stereocenters. The molecule has 0 amide bonds. The van der Waals surface area contributed by atoms with E-state index < -0.39 is 0 Å². The van der Waals surface area contributed by atoms with E-state index in [0.29, 0.717) is 16.8 Å². The Morgan fingerprint density at radius 1 is 0.714 bits per heavy atom. The van der Waals surface area contributed by atoms with E-state index in [4.69, 9.17) is 15.9 Å². The second kappa shape index (κ2) is 10.8. The summed E-state index contributed by atoms with van der Waals surface area (Å²) in [7, 11) is 0. The zero-order valence-electron chi connectivity index (χ0n) is 9.98. The first-order valence-electron chi connectivity index (χ1n) is 5.38. The number of anilines is 1. The highest BCUT2D eigenvalue weighted by Crippen LogP contribution is 2.05. The lowest BCUT2D eigenvalue weighted by atomic mass is 10.2. The molecule has 114 valence electrons. The molecule has 0 saturated carbocycles. The summed E-state index contributed by atoms with van der Waals surface area (Å²) in [6, 6.07) is 15.8. The predicted octanol–water partition coefficient (Wildman–Crippen LogP) is 4.69. The predicted molar refractivity (Wildman–Crippen MR) is 99.4 cm³/mol. The van der Waals surface area contributed by atoms with Crippen LogP contribution in [0.3, 0.4) is 0 Å². The molecular weight excluding hydrogens is 302 g/mol. The van der Waals surface area contributed by atoms with Crippen molar-refractivity contribution in [3.8, 4) is 0 Å². The molecular formula is C16H21NO2S2. The molecule has 4 N–H and O–H groups in total. The summed E-state index contributed by atoms with van der Waals surface area (Å²) in [6.07, 6.45) is 0. The van der Waals surface area contributed by atoms with Crippen LogP contribution in [0, 0.1) is 0 Å². The van der Waals surface area contributed by atoms with Gasteiger partial charge in [-0.25, -0.2) is 0 Å². The van der Waals surface area contributed by atoms with Crippen LogP contribution in [0.15, 0.2) is 54.6 Å². The Labute approximate surface area is 137 Å². The van der Waals surface area contributed by atoms with E-state index in [1.54, 1.807) is 36.4 Å². The Kier molecular flexibility index (Phi) is 10.9. The first-order chi connectivity index (χ1) is 9.00. The molecule has 5 heteroatoms. The molecule has 0 aromatic heterocycles. The first kappa shape index (κ1) is 21.3. The third kappa shape index (κ3) is 8.02. The number of aliphatic hydroxyl groups excluding tert-OH is 2. The molecule has 3 nitrogen and oxygen atoms in total. The molecule has 21 heavy (non-hydrogen) atoms. The van der Waals surface area contributed by atoms with Crippen molar-refractivity contribution >= 4 is 40.2 Å². The summed E-state index contributed by atoms with van der Waals surface area (Å²) in [5, 5.41) is 17.4. The van der Waals surface area contributed by atoms with Crippen LogP contribution in [0.1, 0.15) is 26.0 Å². The maximum atomic E-state index is 8.81. The van der Waals surface area contributed by atoms with Crippen LogP contribution in [0.25, 0.3) is 0 Å². The lowest BCUT2D eigenvalue weighted by molar-refractivity contribution is 0.570. The van der Waals surface area contributed by atoms with E-state index in [2.05, 4.69) is 24.4 Å². The average molecular weight is 323 g/mol. The highest BCUT2D eigenvalue weighted by Gasteiger charge is 1.94. The quantitative estimate of drug-likeness (QED) is 0.552. The highest BCUT2D eigenvalue weighted by molar-refractivity contribution is 7.80. The van der Waals surface area contributed by atoms with Gasteiger partial charge in [-0.15, -0.1) is 0 Å². The van der Waals surface area contributed by atoms with Gasteiger partial charge in [0.1, 0.15) is 0 Å². The average Bonchev–Trinajstić information content (AvgIpc) is 2.41. The van der Waals surface area contributed by atoms with E-state index in [-0.39, 0.29) is 25.0 Å². The third-order valence-electron chi connectivity index (χ3n) is 2.18. The summed E-state index contributed by atoms with van der Waals surface area (Å²) >= 11 is 9.04. The van der Waals surface area contributed by atoms with Crippen molar-refractivity contribution < 1.29 is 10.2 Å². The molecule has 0 saturated heterocycles. The van der Waals surface area contributed by atoms with Crippen molar-refractivity contribution in [1.82, 2.24) is 0 Å². The van der Waals surface area contributed by atoms with Gasteiger partial charge in [-0.1, -0.05) is 45.2 Å². The van der Waals surface area contributed by atoms with Crippen molar-refractivity contribution in [3.63, 3.8) is 0 Å².